The van der Waals surface area contributed by atoms with E-state index in [1.54, 1.807) is 11.3 Å². The van der Waals surface area contributed by atoms with Crippen molar-refractivity contribution < 1.29 is 14.7 Å². The number of anilines is 1. The second-order valence-corrected chi connectivity index (χ2v) is 10.5. The maximum Gasteiger partial charge on any atom is 0.307 e. The third kappa shape index (κ3) is 4.27. The molecule has 3 aliphatic carbocycles. The molecule has 2 saturated carbocycles. The van der Waals surface area contributed by atoms with Crippen LogP contribution in [0.4, 0.5) is 5.00 Å². The highest BCUT2D eigenvalue weighted by molar-refractivity contribution is 7.16. The highest BCUT2D eigenvalue weighted by Crippen LogP contribution is 2.53. The monoisotopic (exact) mass is 428 g/mol. The number of aryl methyl sites for hydroxylation is 1. The first-order valence-corrected chi connectivity index (χ1v) is 12.5. The quantitative estimate of drug-likeness (QED) is 0.663. The maximum absolute atomic E-state index is 13.2. The minimum Gasteiger partial charge on any atom is -0.481 e. The van der Waals surface area contributed by atoms with Crippen molar-refractivity contribution in [2.24, 2.45) is 23.7 Å². The van der Waals surface area contributed by atoms with Crippen molar-refractivity contribution in [1.29, 1.82) is 5.26 Å². The number of nitrogens with one attached hydrogen (secondary N) is 1. The van der Waals surface area contributed by atoms with Crippen LogP contribution in [-0.2, 0) is 22.4 Å². The van der Waals surface area contributed by atoms with Gasteiger partial charge < -0.3 is 10.4 Å². The number of nitriles is 1. The summed E-state index contributed by atoms with van der Waals surface area (Å²) in [5, 5.41) is 23.2. The molecule has 5 nitrogen and oxygen atoms in total. The molecule has 0 saturated heterocycles. The number of carboxylic acids is 1. The van der Waals surface area contributed by atoms with Crippen LogP contribution in [0.5, 0.6) is 0 Å². The van der Waals surface area contributed by atoms with Crippen LogP contribution < -0.4 is 5.32 Å². The molecule has 6 heteroatoms. The molecule has 3 aliphatic rings. The highest BCUT2D eigenvalue weighted by Gasteiger charge is 2.54. The van der Waals surface area contributed by atoms with E-state index in [0.717, 1.165) is 50.5 Å². The van der Waals surface area contributed by atoms with Crippen LogP contribution in [0.2, 0.25) is 0 Å². The molecule has 4 atom stereocenters. The van der Waals surface area contributed by atoms with E-state index in [9.17, 15) is 20.0 Å². The lowest BCUT2D eigenvalue weighted by Gasteiger charge is -2.26. The van der Waals surface area contributed by atoms with E-state index < -0.39 is 17.8 Å². The minimum absolute atomic E-state index is 0.127. The fraction of sp³-hybridized carbons (Fsp3) is 0.708. The van der Waals surface area contributed by atoms with Crippen molar-refractivity contribution in [3.05, 3.63) is 16.0 Å². The Kier molecular flexibility index (Phi) is 6.77. The fourth-order valence-electron chi connectivity index (χ4n) is 6.05. The Morgan fingerprint density at radius 1 is 0.933 bits per heavy atom. The highest BCUT2D eigenvalue weighted by atomic mass is 32.1. The van der Waals surface area contributed by atoms with Gasteiger partial charge >= 0.3 is 5.97 Å². The van der Waals surface area contributed by atoms with Gasteiger partial charge in [0.05, 0.1) is 17.4 Å². The molecule has 1 aromatic rings. The van der Waals surface area contributed by atoms with Gasteiger partial charge in [-0.3, -0.25) is 9.59 Å². The van der Waals surface area contributed by atoms with E-state index in [1.807, 2.05) is 0 Å². The first-order chi connectivity index (χ1) is 14.6. The summed E-state index contributed by atoms with van der Waals surface area (Å²) in [6, 6.07) is 2.36. The zero-order valence-electron chi connectivity index (χ0n) is 17.6. The summed E-state index contributed by atoms with van der Waals surface area (Å²) in [5.41, 5.74) is 1.75. The normalized spacial score (nSPS) is 29.3. The molecule has 162 valence electrons. The lowest BCUT2D eigenvalue weighted by molar-refractivity contribution is -0.148. The first-order valence-electron chi connectivity index (χ1n) is 11.7. The van der Waals surface area contributed by atoms with Crippen molar-refractivity contribution in [2.75, 3.05) is 5.32 Å². The van der Waals surface area contributed by atoms with E-state index in [1.165, 1.54) is 43.4 Å². The predicted molar refractivity (Wildman–Crippen MR) is 117 cm³/mol. The zero-order chi connectivity index (χ0) is 21.1. The molecule has 1 amide bonds. The number of hydrogen-bond acceptors (Lipinski definition) is 4. The maximum atomic E-state index is 13.2. The first kappa shape index (κ1) is 21.4. The Morgan fingerprint density at radius 3 is 2.17 bits per heavy atom. The second-order valence-electron chi connectivity index (χ2n) is 9.36. The number of fused-ring (bicyclic) bond motifs is 3. The van der Waals surface area contributed by atoms with E-state index >= 15 is 0 Å². The molecule has 1 heterocycles. The number of carboxylic acid groups (broad SMARTS) is 1. The van der Waals surface area contributed by atoms with E-state index in [-0.39, 0.29) is 17.7 Å². The van der Waals surface area contributed by atoms with Crippen molar-refractivity contribution in [3.63, 3.8) is 0 Å². The van der Waals surface area contributed by atoms with Crippen LogP contribution in [-0.4, -0.2) is 17.0 Å². The fourth-order valence-corrected chi connectivity index (χ4v) is 7.29. The number of amides is 1. The average molecular weight is 429 g/mol. The van der Waals surface area contributed by atoms with Gasteiger partial charge in [-0.25, -0.2) is 0 Å². The summed E-state index contributed by atoms with van der Waals surface area (Å²) in [6.45, 7) is 0. The third-order valence-corrected chi connectivity index (χ3v) is 8.73. The summed E-state index contributed by atoms with van der Waals surface area (Å²) in [5.74, 6) is -1.78. The van der Waals surface area contributed by atoms with Gasteiger partial charge in [-0.1, -0.05) is 38.5 Å². The molecule has 30 heavy (non-hydrogen) atoms. The Labute approximate surface area is 182 Å². The Bertz CT molecular complexity index is 840. The SMILES string of the molecule is N#Cc1c(NC(=O)[C@H]2[C@H]3CC[C@@H](C3)[C@H]2C(=O)O)sc2c1CCCCCCCCCC2. The summed E-state index contributed by atoms with van der Waals surface area (Å²) in [7, 11) is 0. The van der Waals surface area contributed by atoms with Gasteiger partial charge in [-0.15, -0.1) is 11.3 Å². The molecule has 2 N–H and O–H groups in total. The number of aliphatic carboxylic acids is 1. The molecule has 0 unspecified atom stereocenters. The van der Waals surface area contributed by atoms with Gasteiger partial charge in [0.25, 0.3) is 0 Å². The summed E-state index contributed by atoms with van der Waals surface area (Å²) >= 11 is 1.55. The van der Waals surface area contributed by atoms with E-state index in [4.69, 9.17) is 0 Å². The molecule has 0 radical (unpaired) electrons. The molecular formula is C24H32N2O3S. The molecule has 2 bridgehead atoms. The third-order valence-electron chi connectivity index (χ3n) is 7.52. The number of thiophene rings is 1. The number of carbonyl (C=O) groups is 2. The molecule has 1 aromatic heterocycles. The number of nitrogens with zero attached hydrogens (tertiary/aromatic N) is 1. The Balaban J connectivity index is 1.55. The van der Waals surface area contributed by atoms with E-state index in [0.29, 0.717) is 10.6 Å². The molecule has 0 aliphatic heterocycles. The average Bonchev–Trinajstić information content (AvgIpc) is 3.41. The van der Waals surface area contributed by atoms with Crippen molar-refractivity contribution >= 4 is 28.2 Å². The van der Waals surface area contributed by atoms with Gasteiger partial charge in [0.15, 0.2) is 0 Å². The summed E-state index contributed by atoms with van der Waals surface area (Å²) in [4.78, 5) is 26.2. The lowest BCUT2D eigenvalue weighted by atomic mass is 9.79. The van der Waals surface area contributed by atoms with Crippen LogP contribution in [0.1, 0.15) is 86.6 Å². The summed E-state index contributed by atoms with van der Waals surface area (Å²) < 4.78 is 0. The molecular weight excluding hydrogens is 396 g/mol. The topological polar surface area (TPSA) is 90.2 Å². The molecule has 4 rings (SSSR count). The molecule has 0 spiro atoms. The van der Waals surface area contributed by atoms with Gasteiger partial charge in [-0.2, -0.15) is 5.26 Å². The van der Waals surface area contributed by atoms with Crippen LogP contribution >= 0.6 is 11.3 Å². The number of rotatable bonds is 3. The molecule has 0 aromatic carbocycles. The minimum atomic E-state index is -0.846. The number of carbonyl (C=O) groups excluding carboxylic acids is 1. The van der Waals surface area contributed by atoms with Crippen molar-refractivity contribution in [3.8, 4) is 6.07 Å². The number of hydrogen-bond donors (Lipinski definition) is 2. The molecule has 2 fully saturated rings. The Hall–Kier alpha value is -1.87. The standard InChI is InChI=1S/C24H32N2O3S/c25-14-18-17-9-7-5-3-1-2-4-6-8-10-19(17)30-23(18)26-22(27)20-15-11-12-16(13-15)21(20)24(28)29/h15-16,20-21H,1-13H2,(H,26,27)(H,28,29)/t15-,16-,20-,21+/m0/s1. The van der Waals surface area contributed by atoms with E-state index in [2.05, 4.69) is 11.4 Å². The Morgan fingerprint density at radius 2 is 1.53 bits per heavy atom. The second kappa shape index (κ2) is 9.51. The lowest BCUT2D eigenvalue weighted by Crippen LogP contribution is -2.37. The zero-order valence-corrected chi connectivity index (χ0v) is 18.4. The van der Waals surface area contributed by atoms with Gasteiger partial charge in [0.2, 0.25) is 5.91 Å². The van der Waals surface area contributed by atoms with Crippen LogP contribution in [0, 0.1) is 35.0 Å². The van der Waals surface area contributed by atoms with Crippen molar-refractivity contribution in [2.45, 2.75) is 83.5 Å². The van der Waals surface area contributed by atoms with Gasteiger partial charge in [-0.05, 0) is 62.3 Å². The predicted octanol–water partition coefficient (Wildman–Crippen LogP) is 5.52. The van der Waals surface area contributed by atoms with Crippen LogP contribution in [0.15, 0.2) is 0 Å². The largest absolute Gasteiger partial charge is 0.481 e. The summed E-state index contributed by atoms with van der Waals surface area (Å²) in [6.07, 6.45) is 14.3. The van der Waals surface area contributed by atoms with Crippen molar-refractivity contribution in [1.82, 2.24) is 0 Å². The van der Waals surface area contributed by atoms with Crippen LogP contribution in [0.25, 0.3) is 0 Å². The van der Waals surface area contributed by atoms with Gasteiger partial charge in [0.1, 0.15) is 11.1 Å². The van der Waals surface area contributed by atoms with Gasteiger partial charge in [0, 0.05) is 4.88 Å². The van der Waals surface area contributed by atoms with Crippen LogP contribution in [0.3, 0.4) is 0 Å². The smallest absolute Gasteiger partial charge is 0.307 e.